The van der Waals surface area contributed by atoms with Crippen molar-refractivity contribution in [3.8, 4) is 5.69 Å². The van der Waals surface area contributed by atoms with Gasteiger partial charge < -0.3 is 0 Å². The molecule has 0 bridgehead atoms. The molecule has 24 heavy (non-hydrogen) atoms. The van der Waals surface area contributed by atoms with Gasteiger partial charge in [-0.2, -0.15) is 4.68 Å². The number of hydrogen-bond acceptors (Lipinski definition) is 4. The Labute approximate surface area is 154 Å². The van der Waals surface area contributed by atoms with Crippen molar-refractivity contribution in [1.82, 2.24) is 25.1 Å². The summed E-state index contributed by atoms with van der Waals surface area (Å²) < 4.78 is 1.65. The van der Waals surface area contributed by atoms with Crippen LogP contribution < -0.4 is 0 Å². The predicted octanol–water partition coefficient (Wildman–Crippen LogP) is 4.27. The van der Waals surface area contributed by atoms with Gasteiger partial charge in [-0.05, 0) is 60.4 Å². The molecule has 8 heteroatoms. The van der Waals surface area contributed by atoms with E-state index in [1.165, 1.54) is 0 Å². The molecule has 1 aromatic heterocycles. The fourth-order valence-corrected chi connectivity index (χ4v) is 3.22. The maximum atomic E-state index is 6.40. The highest BCUT2D eigenvalue weighted by molar-refractivity contribution is 6.35. The third kappa shape index (κ3) is 3.39. The second kappa shape index (κ2) is 7.07. The summed E-state index contributed by atoms with van der Waals surface area (Å²) in [6.07, 6.45) is 0. The van der Waals surface area contributed by atoms with Gasteiger partial charge in [0.05, 0.1) is 11.7 Å². The van der Waals surface area contributed by atoms with E-state index in [1.54, 1.807) is 28.9 Å². The van der Waals surface area contributed by atoms with E-state index in [4.69, 9.17) is 34.8 Å². The Morgan fingerprint density at radius 1 is 1.00 bits per heavy atom. The zero-order valence-corrected chi connectivity index (χ0v) is 15.3. The number of halogens is 3. The molecule has 1 atom stereocenters. The third-order valence-electron chi connectivity index (χ3n) is 3.56. The average molecular weight is 383 g/mol. The molecule has 0 aliphatic carbocycles. The minimum absolute atomic E-state index is 0.247. The molecule has 0 aliphatic rings. The van der Waals surface area contributed by atoms with E-state index in [-0.39, 0.29) is 6.04 Å². The van der Waals surface area contributed by atoms with E-state index < -0.39 is 0 Å². The van der Waals surface area contributed by atoms with Crippen molar-refractivity contribution < 1.29 is 0 Å². The van der Waals surface area contributed by atoms with Crippen LogP contribution in [0.2, 0.25) is 15.1 Å². The van der Waals surface area contributed by atoms with E-state index >= 15 is 0 Å². The van der Waals surface area contributed by atoms with Gasteiger partial charge in [0.15, 0.2) is 5.82 Å². The Kier molecular flexibility index (Phi) is 5.06. The summed E-state index contributed by atoms with van der Waals surface area (Å²) in [7, 11) is 3.87. The highest BCUT2D eigenvalue weighted by atomic mass is 35.5. The van der Waals surface area contributed by atoms with E-state index in [9.17, 15) is 0 Å². The molecule has 3 rings (SSSR count). The number of benzene rings is 2. The lowest BCUT2D eigenvalue weighted by Gasteiger charge is -2.24. The highest BCUT2D eigenvalue weighted by Gasteiger charge is 2.26. The normalized spacial score (nSPS) is 12.6. The van der Waals surface area contributed by atoms with Gasteiger partial charge in [0.2, 0.25) is 0 Å². The van der Waals surface area contributed by atoms with Gasteiger partial charge in [-0.15, -0.1) is 5.10 Å². The lowest BCUT2D eigenvalue weighted by atomic mass is 10.0. The Balaban J connectivity index is 2.13. The molecule has 0 radical (unpaired) electrons. The first-order valence-electron chi connectivity index (χ1n) is 7.13. The van der Waals surface area contributed by atoms with E-state index in [1.807, 2.05) is 37.2 Å². The Morgan fingerprint density at radius 3 is 2.42 bits per heavy atom. The molecular weight excluding hydrogens is 369 g/mol. The summed E-state index contributed by atoms with van der Waals surface area (Å²) in [6, 6.07) is 12.5. The SMILES string of the molecule is CN(C)[C@H](c1ccc(Cl)cc1Cl)c1nnnn1-c1cccc(Cl)c1. The first-order valence-corrected chi connectivity index (χ1v) is 8.26. The van der Waals surface area contributed by atoms with Crippen molar-refractivity contribution in [1.29, 1.82) is 0 Å². The molecule has 5 nitrogen and oxygen atoms in total. The van der Waals surface area contributed by atoms with Crippen molar-refractivity contribution in [2.75, 3.05) is 14.1 Å². The van der Waals surface area contributed by atoms with E-state index in [0.717, 1.165) is 11.3 Å². The van der Waals surface area contributed by atoms with Crippen molar-refractivity contribution in [2.45, 2.75) is 6.04 Å². The minimum atomic E-state index is -0.247. The molecule has 0 spiro atoms. The molecule has 1 heterocycles. The molecule has 0 amide bonds. The van der Waals surface area contributed by atoms with Crippen molar-refractivity contribution in [2.24, 2.45) is 0 Å². The smallest absolute Gasteiger partial charge is 0.178 e. The number of rotatable bonds is 4. The van der Waals surface area contributed by atoms with Gasteiger partial charge in [-0.1, -0.05) is 46.9 Å². The predicted molar refractivity (Wildman–Crippen MR) is 96.2 cm³/mol. The van der Waals surface area contributed by atoms with Crippen LogP contribution in [-0.2, 0) is 0 Å². The largest absolute Gasteiger partial charge is 0.296 e. The fraction of sp³-hybridized carbons (Fsp3) is 0.188. The molecule has 0 unspecified atom stereocenters. The summed E-state index contributed by atoms with van der Waals surface area (Å²) in [5.74, 6) is 0.631. The van der Waals surface area contributed by atoms with Gasteiger partial charge >= 0.3 is 0 Å². The summed E-state index contributed by atoms with van der Waals surface area (Å²) in [5, 5.41) is 13.9. The van der Waals surface area contributed by atoms with Crippen LogP contribution in [-0.4, -0.2) is 39.2 Å². The monoisotopic (exact) mass is 381 g/mol. The molecule has 2 aromatic carbocycles. The van der Waals surface area contributed by atoms with Gasteiger partial charge in [0.25, 0.3) is 0 Å². The molecule has 0 N–H and O–H groups in total. The maximum Gasteiger partial charge on any atom is 0.178 e. The maximum absolute atomic E-state index is 6.40. The molecule has 0 saturated carbocycles. The van der Waals surface area contributed by atoms with Gasteiger partial charge in [0.1, 0.15) is 0 Å². The molecule has 0 aliphatic heterocycles. The second-order valence-corrected chi connectivity index (χ2v) is 6.74. The first kappa shape index (κ1) is 17.2. The zero-order valence-electron chi connectivity index (χ0n) is 13.0. The van der Waals surface area contributed by atoms with Crippen LogP contribution in [0, 0.1) is 0 Å². The Morgan fingerprint density at radius 2 is 1.75 bits per heavy atom. The second-order valence-electron chi connectivity index (χ2n) is 5.46. The van der Waals surface area contributed by atoms with Crippen molar-refractivity contribution in [3.05, 3.63) is 68.9 Å². The lowest BCUT2D eigenvalue weighted by molar-refractivity contribution is 0.325. The van der Waals surface area contributed by atoms with E-state index in [2.05, 4.69) is 15.5 Å². The zero-order chi connectivity index (χ0) is 17.3. The Hall–Kier alpha value is -1.66. The molecule has 0 fully saturated rings. The quantitative estimate of drug-likeness (QED) is 0.676. The molecular formula is C16H14Cl3N5. The molecule has 0 saturated heterocycles. The average Bonchev–Trinajstić information content (AvgIpc) is 2.98. The van der Waals surface area contributed by atoms with Crippen molar-refractivity contribution in [3.63, 3.8) is 0 Å². The van der Waals surface area contributed by atoms with Gasteiger partial charge in [-0.3, -0.25) is 4.90 Å². The van der Waals surface area contributed by atoms with Crippen LogP contribution in [0.1, 0.15) is 17.4 Å². The molecule has 3 aromatic rings. The van der Waals surface area contributed by atoms with Crippen LogP contribution >= 0.6 is 34.8 Å². The Bertz CT molecular complexity index is 862. The summed E-state index contributed by atoms with van der Waals surface area (Å²) >= 11 is 18.5. The van der Waals surface area contributed by atoms with Gasteiger partial charge in [0, 0.05) is 15.1 Å². The highest BCUT2D eigenvalue weighted by Crippen LogP contribution is 2.33. The standard InChI is InChI=1S/C16H14Cl3N5/c1-23(2)15(13-7-6-11(18)9-14(13)19)16-20-21-22-24(16)12-5-3-4-10(17)8-12/h3-9,15H,1-2H3/t15-/m1/s1. The molecule has 124 valence electrons. The number of hydrogen-bond donors (Lipinski definition) is 0. The number of nitrogens with zero attached hydrogens (tertiary/aromatic N) is 5. The number of tetrazole rings is 1. The van der Waals surface area contributed by atoms with Crippen molar-refractivity contribution >= 4 is 34.8 Å². The minimum Gasteiger partial charge on any atom is -0.296 e. The van der Waals surface area contributed by atoms with Crippen LogP contribution in [0.4, 0.5) is 0 Å². The van der Waals surface area contributed by atoms with E-state index in [0.29, 0.717) is 20.9 Å². The topological polar surface area (TPSA) is 46.8 Å². The fourth-order valence-electron chi connectivity index (χ4n) is 2.53. The summed E-state index contributed by atoms with van der Waals surface area (Å²) in [5.41, 5.74) is 1.64. The summed E-state index contributed by atoms with van der Waals surface area (Å²) in [4.78, 5) is 1.99. The summed E-state index contributed by atoms with van der Waals surface area (Å²) in [6.45, 7) is 0. The van der Waals surface area contributed by atoms with Crippen LogP contribution in [0.5, 0.6) is 0 Å². The van der Waals surface area contributed by atoms with Crippen LogP contribution in [0.15, 0.2) is 42.5 Å². The first-order chi connectivity index (χ1) is 11.5. The third-order valence-corrected chi connectivity index (χ3v) is 4.36. The van der Waals surface area contributed by atoms with Gasteiger partial charge in [-0.25, -0.2) is 0 Å². The lowest BCUT2D eigenvalue weighted by Crippen LogP contribution is -2.25. The number of aromatic nitrogens is 4. The van der Waals surface area contributed by atoms with Crippen LogP contribution in [0.25, 0.3) is 5.69 Å². The van der Waals surface area contributed by atoms with Crippen LogP contribution in [0.3, 0.4) is 0 Å².